The lowest BCUT2D eigenvalue weighted by Gasteiger charge is -2.26. The fourth-order valence-electron chi connectivity index (χ4n) is 4.25. The predicted octanol–water partition coefficient (Wildman–Crippen LogP) is 6.28. The van der Waals surface area contributed by atoms with Crippen LogP contribution in [0.1, 0.15) is 82.6 Å². The van der Waals surface area contributed by atoms with Gasteiger partial charge in [-0.15, -0.1) is 42.1 Å². The summed E-state index contributed by atoms with van der Waals surface area (Å²) in [7, 11) is -0.403. The fraction of sp³-hybridized carbons (Fsp3) is 0.600. The van der Waals surface area contributed by atoms with E-state index in [4.69, 9.17) is 49.8 Å². The van der Waals surface area contributed by atoms with Crippen LogP contribution in [0.5, 0.6) is 0 Å². The number of amides is 2. The van der Waals surface area contributed by atoms with E-state index in [9.17, 15) is 28.2 Å². The number of aryl methyl sites for hydroxylation is 1. The van der Waals surface area contributed by atoms with Crippen LogP contribution in [0.3, 0.4) is 0 Å². The lowest BCUT2D eigenvalue weighted by atomic mass is 10.0. The smallest absolute Gasteiger partial charge is 0.264 e. The molecule has 2 unspecified atom stereocenters. The molecule has 2 rings (SSSR count). The van der Waals surface area contributed by atoms with Crippen LogP contribution >= 0.6 is 23.2 Å². The van der Waals surface area contributed by atoms with Gasteiger partial charge in [0, 0.05) is 47.8 Å². The second-order valence-corrected chi connectivity index (χ2v) is 22.6. The Kier molecular flexibility index (Phi) is 23.2. The van der Waals surface area contributed by atoms with Crippen molar-refractivity contribution in [2.75, 3.05) is 48.0 Å². The standard InChI is InChI=1S/C18H29NO4S3.C16H25NO3S2.CH2Cl2/c1-7-14-10-15(13-23-26(6,21)22)12-16(11-14)19(4)17(20)8-9-18(2,3)25(5)24;1-16(2,22(4)21)6-5-15(20)17(3)14-8-12(10-18)7-13(9-14)11-19;2-1-3/h10-12H,7-9,13H2,1-6H3;7-9,18-19H,5-6,10-11H2,1-4H3;1H2. The minimum Gasteiger partial charge on any atom is -0.392 e. The van der Waals surface area contributed by atoms with E-state index < -0.39 is 10.1 Å². The SMILES string of the molecule is CCc1cc(COS(C)(=O)=O)cc(N(C)C(=O)CCC(C)(C)S(C)=S)c1.CN(C(=O)CCC(C)(C)S(C)=S)c1cc(CO)cc(CO)c1.ClCCl. The summed E-state index contributed by atoms with van der Waals surface area (Å²) in [4.78, 5) is 28.2. The van der Waals surface area contributed by atoms with Gasteiger partial charge in [-0.05, 0) is 78.3 Å². The minimum atomic E-state index is -3.51. The zero-order valence-electron chi connectivity index (χ0n) is 31.5. The molecule has 16 heteroatoms. The van der Waals surface area contributed by atoms with Crippen molar-refractivity contribution in [2.45, 2.75) is 96.0 Å². The maximum absolute atomic E-state index is 12.6. The highest BCUT2D eigenvalue weighted by atomic mass is 35.5. The van der Waals surface area contributed by atoms with Crippen molar-refractivity contribution in [1.82, 2.24) is 0 Å². The first kappa shape index (κ1) is 49.9. The first-order chi connectivity index (χ1) is 23.5. The average Bonchev–Trinajstić information content (AvgIpc) is 3.07. The number of aliphatic hydroxyl groups excluding tert-OH is 2. The number of carbonyl (C=O) groups is 2. The molecule has 2 N–H and O–H groups in total. The number of alkyl halides is 2. The number of aliphatic hydroxyl groups is 2. The molecule has 0 aromatic heterocycles. The zero-order chi connectivity index (χ0) is 39.7. The third-order valence-corrected chi connectivity index (χ3v) is 15.0. The number of benzene rings is 2. The summed E-state index contributed by atoms with van der Waals surface area (Å²) < 4.78 is 27.3. The van der Waals surface area contributed by atoms with Crippen molar-refractivity contribution in [2.24, 2.45) is 0 Å². The first-order valence-electron chi connectivity index (χ1n) is 16.1. The number of nitrogens with zero attached hydrogens (tertiary/aromatic N) is 2. The Balaban J connectivity index is 0.000000920. The third kappa shape index (κ3) is 19.2. The summed E-state index contributed by atoms with van der Waals surface area (Å²) in [6, 6.07) is 10.9. The molecule has 0 spiro atoms. The quantitative estimate of drug-likeness (QED) is 0.149. The lowest BCUT2D eigenvalue weighted by Crippen LogP contribution is -2.31. The van der Waals surface area contributed by atoms with Crippen molar-refractivity contribution >= 4 is 97.8 Å². The summed E-state index contributed by atoms with van der Waals surface area (Å²) >= 11 is 20.2. The highest BCUT2D eigenvalue weighted by Crippen LogP contribution is 2.25. The molecule has 2 aromatic carbocycles. The number of rotatable bonds is 16. The molecule has 51 heavy (non-hydrogen) atoms. The average molecular weight is 848 g/mol. The van der Waals surface area contributed by atoms with Crippen LogP contribution in [-0.4, -0.2) is 78.1 Å². The summed E-state index contributed by atoms with van der Waals surface area (Å²) in [5, 5.41) is 18.7. The van der Waals surface area contributed by atoms with Crippen molar-refractivity contribution in [3.8, 4) is 0 Å². The van der Waals surface area contributed by atoms with E-state index in [0.717, 1.165) is 42.3 Å². The lowest BCUT2D eigenvalue weighted by molar-refractivity contribution is -0.119. The molecule has 0 aliphatic rings. The monoisotopic (exact) mass is 846 g/mol. The molecular formula is C35H56Cl2N2O7S5. The summed E-state index contributed by atoms with van der Waals surface area (Å²) in [5.74, 6) is 0.0225. The van der Waals surface area contributed by atoms with Gasteiger partial charge in [-0.3, -0.25) is 13.8 Å². The predicted molar refractivity (Wildman–Crippen MR) is 225 cm³/mol. The van der Waals surface area contributed by atoms with Gasteiger partial charge >= 0.3 is 0 Å². The zero-order valence-corrected chi connectivity index (χ0v) is 37.0. The first-order valence-corrected chi connectivity index (χ1v) is 24.1. The molecule has 2 amide bonds. The fourth-order valence-corrected chi connectivity index (χ4v) is 5.87. The van der Waals surface area contributed by atoms with Gasteiger partial charge in [0.2, 0.25) is 11.8 Å². The maximum atomic E-state index is 12.6. The highest BCUT2D eigenvalue weighted by molar-refractivity contribution is 8.29. The molecule has 0 bridgehead atoms. The van der Waals surface area contributed by atoms with E-state index >= 15 is 0 Å². The largest absolute Gasteiger partial charge is 0.392 e. The Hall–Kier alpha value is -1.07. The Morgan fingerprint density at radius 3 is 1.41 bits per heavy atom. The summed E-state index contributed by atoms with van der Waals surface area (Å²) in [6.07, 6.45) is 8.16. The second-order valence-electron chi connectivity index (χ2n) is 13.1. The van der Waals surface area contributed by atoms with E-state index in [2.05, 4.69) is 27.7 Å². The van der Waals surface area contributed by atoms with Crippen LogP contribution in [0.4, 0.5) is 11.4 Å². The van der Waals surface area contributed by atoms with E-state index in [-0.39, 0.29) is 65.4 Å². The van der Waals surface area contributed by atoms with Crippen LogP contribution in [0.15, 0.2) is 36.4 Å². The number of hydrogen-bond donors (Lipinski definition) is 2. The number of halogens is 2. The molecule has 0 saturated heterocycles. The summed E-state index contributed by atoms with van der Waals surface area (Å²) in [5.41, 5.74) is 4.55. The molecule has 292 valence electrons. The molecular weight excluding hydrogens is 792 g/mol. The summed E-state index contributed by atoms with van der Waals surface area (Å²) in [6.45, 7) is 10.1. The number of carbonyl (C=O) groups excluding carboxylic acids is 2. The Bertz CT molecular complexity index is 1570. The van der Waals surface area contributed by atoms with Crippen molar-refractivity contribution in [3.63, 3.8) is 0 Å². The van der Waals surface area contributed by atoms with Gasteiger partial charge in [-0.2, -0.15) is 8.42 Å². The van der Waals surface area contributed by atoms with Gasteiger partial charge in [0.1, 0.15) is 0 Å². The van der Waals surface area contributed by atoms with Gasteiger partial charge in [-0.1, -0.05) is 69.1 Å². The Morgan fingerprint density at radius 2 is 1.10 bits per heavy atom. The molecule has 0 saturated carbocycles. The van der Waals surface area contributed by atoms with Gasteiger partial charge in [0.05, 0.1) is 31.4 Å². The van der Waals surface area contributed by atoms with Crippen molar-refractivity contribution in [1.29, 1.82) is 0 Å². The Labute approximate surface area is 330 Å². The van der Waals surface area contributed by atoms with Crippen molar-refractivity contribution in [3.05, 3.63) is 58.7 Å². The molecule has 0 heterocycles. The second kappa shape index (κ2) is 23.7. The Morgan fingerprint density at radius 1 is 0.765 bits per heavy atom. The maximum Gasteiger partial charge on any atom is 0.264 e. The molecule has 2 aromatic rings. The van der Waals surface area contributed by atoms with Gasteiger partial charge < -0.3 is 20.0 Å². The number of hydrogen-bond acceptors (Lipinski definition) is 9. The van der Waals surface area contributed by atoms with Crippen LogP contribution < -0.4 is 9.80 Å². The molecule has 0 aliphatic carbocycles. The van der Waals surface area contributed by atoms with E-state index in [1.165, 1.54) is 0 Å². The molecule has 0 aliphatic heterocycles. The topological polar surface area (TPSA) is 124 Å². The molecule has 0 fully saturated rings. The van der Waals surface area contributed by atoms with Crippen LogP contribution in [0, 0.1) is 0 Å². The van der Waals surface area contributed by atoms with Crippen molar-refractivity contribution < 1.29 is 32.4 Å². The van der Waals surface area contributed by atoms with Gasteiger partial charge in [-0.25, -0.2) is 0 Å². The highest BCUT2D eigenvalue weighted by Gasteiger charge is 2.24. The van der Waals surface area contributed by atoms with Crippen LogP contribution in [0.25, 0.3) is 0 Å². The molecule has 0 radical (unpaired) electrons. The van der Waals surface area contributed by atoms with Gasteiger partial charge in [0.15, 0.2) is 0 Å². The third-order valence-electron chi connectivity index (χ3n) is 8.25. The van der Waals surface area contributed by atoms with E-state index in [1.807, 2.05) is 31.6 Å². The van der Waals surface area contributed by atoms with E-state index in [1.54, 1.807) is 48.2 Å². The number of anilines is 2. The minimum absolute atomic E-state index is 0.00695. The van der Waals surface area contributed by atoms with Gasteiger partial charge in [0.25, 0.3) is 10.1 Å². The normalized spacial score (nSPS) is 12.8. The van der Waals surface area contributed by atoms with Crippen LogP contribution in [0.2, 0.25) is 0 Å². The molecule has 9 nitrogen and oxygen atoms in total. The van der Waals surface area contributed by atoms with E-state index in [0.29, 0.717) is 29.7 Å². The molecule has 2 atom stereocenters. The van der Waals surface area contributed by atoms with Crippen LogP contribution in [-0.2, 0) is 91.4 Å².